The highest BCUT2D eigenvalue weighted by Crippen LogP contribution is 1.93. The first kappa shape index (κ1) is 13.1. The van der Waals surface area contributed by atoms with E-state index in [0.29, 0.717) is 0 Å². The van der Waals surface area contributed by atoms with Gasteiger partial charge in [0.1, 0.15) is 0 Å². The van der Waals surface area contributed by atoms with Crippen molar-refractivity contribution < 1.29 is 17.9 Å². The number of hydrogen-bond donors (Lipinski definition) is 3. The molecule has 0 bridgehead atoms. The van der Waals surface area contributed by atoms with Crippen molar-refractivity contribution in [2.75, 3.05) is 13.7 Å². The van der Waals surface area contributed by atoms with Crippen LogP contribution in [0, 0.1) is 0 Å². The van der Waals surface area contributed by atoms with Crippen LogP contribution in [0.4, 0.5) is 4.79 Å². The van der Waals surface area contributed by atoms with E-state index in [4.69, 9.17) is 5.73 Å². The van der Waals surface area contributed by atoms with Crippen LogP contribution in [0.25, 0.3) is 0 Å². The molecule has 0 fully saturated rings. The fraction of sp³-hybridized carbons (Fsp3) is 0.833. The smallest absolute Gasteiger partial charge is 0.421 e. The third kappa shape index (κ3) is 6.63. The number of carbonyl (C=O) groups is 1. The molecule has 1 amide bonds. The Morgan fingerprint density at radius 3 is 2.36 bits per heavy atom. The third-order valence-corrected chi connectivity index (χ3v) is 2.08. The van der Waals surface area contributed by atoms with Gasteiger partial charge < -0.3 is 10.5 Å². The number of methoxy groups -OCH3 is 1. The maximum atomic E-state index is 11.1. The lowest BCUT2D eigenvalue weighted by Crippen LogP contribution is -2.49. The summed E-state index contributed by atoms with van der Waals surface area (Å²) in [4.78, 5) is 10.6. The number of rotatable bonds is 4. The van der Waals surface area contributed by atoms with Gasteiger partial charge in [0.25, 0.3) is 0 Å². The summed E-state index contributed by atoms with van der Waals surface area (Å²) in [7, 11) is -2.81. The molecule has 0 radical (unpaired) electrons. The van der Waals surface area contributed by atoms with Crippen LogP contribution in [0.15, 0.2) is 0 Å². The van der Waals surface area contributed by atoms with Crippen LogP contribution in [0.5, 0.6) is 0 Å². The summed E-state index contributed by atoms with van der Waals surface area (Å²) >= 11 is 0. The molecule has 0 atom stereocenters. The van der Waals surface area contributed by atoms with Gasteiger partial charge in [-0.1, -0.05) is 0 Å². The van der Waals surface area contributed by atoms with Crippen molar-refractivity contribution in [3.05, 3.63) is 0 Å². The average Bonchev–Trinajstić information content (AvgIpc) is 1.99. The second kappa shape index (κ2) is 4.58. The zero-order chi connectivity index (χ0) is 11.4. The molecule has 0 aromatic heterocycles. The Balaban J connectivity index is 4.17. The largest absolute Gasteiger partial charge is 0.452 e. The first-order valence-corrected chi connectivity index (χ1v) is 5.29. The molecular weight excluding hydrogens is 210 g/mol. The maximum absolute atomic E-state index is 11.1. The fourth-order valence-electron chi connectivity index (χ4n) is 0.468. The molecule has 0 heterocycles. The molecule has 0 spiro atoms. The molecule has 0 aliphatic carbocycles. The second-order valence-corrected chi connectivity index (χ2v) is 4.91. The molecule has 4 N–H and O–H groups in total. The Hall–Kier alpha value is -0.860. The molecule has 0 rings (SSSR count). The number of ether oxygens (including phenoxy) is 1. The number of amides is 1. The van der Waals surface area contributed by atoms with Gasteiger partial charge in [-0.05, 0) is 13.8 Å². The molecule has 0 aromatic rings. The van der Waals surface area contributed by atoms with E-state index in [1.54, 1.807) is 18.6 Å². The third-order valence-electron chi connectivity index (χ3n) is 1.12. The topological polar surface area (TPSA) is 111 Å². The Bertz CT molecular complexity index is 293. The lowest BCUT2D eigenvalue weighted by molar-refractivity contribution is 0.177. The summed E-state index contributed by atoms with van der Waals surface area (Å²) in [5.74, 6) is 0. The highest BCUT2D eigenvalue weighted by molar-refractivity contribution is 7.88. The maximum Gasteiger partial charge on any atom is 0.421 e. The predicted octanol–water partition coefficient (Wildman–Crippen LogP) is -1.09. The minimum absolute atomic E-state index is 0.0132. The molecule has 14 heavy (non-hydrogen) atoms. The standard InChI is InChI=1S/C6H15N3O4S/c1-6(2,7)4-8-14(11,12)9-5(10)13-3/h8H,4,7H2,1-3H3,(H,9,10). The summed E-state index contributed by atoms with van der Waals surface area (Å²) in [6.45, 7) is 3.31. The summed E-state index contributed by atoms with van der Waals surface area (Å²) in [6.07, 6.45) is -1.05. The van der Waals surface area contributed by atoms with Gasteiger partial charge in [-0.3, -0.25) is 0 Å². The molecule has 0 aliphatic rings. The highest BCUT2D eigenvalue weighted by Gasteiger charge is 2.18. The highest BCUT2D eigenvalue weighted by atomic mass is 32.2. The van der Waals surface area contributed by atoms with Crippen molar-refractivity contribution in [3.63, 3.8) is 0 Å². The molecule has 0 aliphatic heterocycles. The monoisotopic (exact) mass is 225 g/mol. The van der Waals surface area contributed by atoms with Crippen molar-refractivity contribution in [1.82, 2.24) is 9.44 Å². The summed E-state index contributed by atoms with van der Waals surface area (Å²) in [5, 5.41) is 0. The van der Waals surface area contributed by atoms with E-state index in [0.717, 1.165) is 7.11 Å². The lowest BCUT2D eigenvalue weighted by atomic mass is 10.1. The van der Waals surface area contributed by atoms with Gasteiger partial charge in [-0.25, -0.2) is 9.52 Å². The van der Waals surface area contributed by atoms with E-state index in [2.05, 4.69) is 9.46 Å². The molecule has 0 aromatic carbocycles. The summed E-state index contributed by atoms with van der Waals surface area (Å²) in [6, 6.07) is 0. The van der Waals surface area contributed by atoms with Crippen LogP contribution < -0.4 is 15.2 Å². The van der Waals surface area contributed by atoms with Crippen molar-refractivity contribution in [2.45, 2.75) is 19.4 Å². The summed E-state index contributed by atoms with van der Waals surface area (Å²) in [5.41, 5.74) is 4.85. The SMILES string of the molecule is COC(=O)NS(=O)(=O)NCC(C)(C)N. The van der Waals surface area contributed by atoms with E-state index >= 15 is 0 Å². The van der Waals surface area contributed by atoms with E-state index in [-0.39, 0.29) is 6.54 Å². The Kier molecular flexibility index (Phi) is 4.30. The zero-order valence-corrected chi connectivity index (χ0v) is 9.14. The molecule has 84 valence electrons. The molecular formula is C6H15N3O4S. The first-order valence-electron chi connectivity index (χ1n) is 3.80. The number of nitrogens with one attached hydrogen (secondary N) is 2. The Morgan fingerprint density at radius 2 is 2.00 bits per heavy atom. The minimum Gasteiger partial charge on any atom is -0.452 e. The second-order valence-electron chi connectivity index (χ2n) is 3.41. The lowest BCUT2D eigenvalue weighted by Gasteiger charge is -2.18. The van der Waals surface area contributed by atoms with Crippen LogP contribution in [0.2, 0.25) is 0 Å². The Morgan fingerprint density at radius 1 is 1.50 bits per heavy atom. The van der Waals surface area contributed by atoms with Crippen LogP contribution in [-0.2, 0) is 14.9 Å². The van der Waals surface area contributed by atoms with E-state index in [1.165, 1.54) is 0 Å². The van der Waals surface area contributed by atoms with Gasteiger partial charge in [0, 0.05) is 12.1 Å². The van der Waals surface area contributed by atoms with Crippen molar-refractivity contribution in [2.24, 2.45) is 5.73 Å². The van der Waals surface area contributed by atoms with Gasteiger partial charge in [0.2, 0.25) is 0 Å². The number of carbonyl (C=O) groups excluding carboxylic acids is 1. The fourth-order valence-corrected chi connectivity index (χ4v) is 1.41. The van der Waals surface area contributed by atoms with Crippen molar-refractivity contribution in [1.29, 1.82) is 0 Å². The van der Waals surface area contributed by atoms with Crippen LogP contribution in [0.1, 0.15) is 13.8 Å². The molecule has 0 unspecified atom stereocenters. The number of hydrogen-bond acceptors (Lipinski definition) is 5. The van der Waals surface area contributed by atoms with Crippen LogP contribution in [0.3, 0.4) is 0 Å². The number of nitrogens with two attached hydrogens (primary N) is 1. The molecule has 0 saturated heterocycles. The van der Waals surface area contributed by atoms with Crippen molar-refractivity contribution in [3.8, 4) is 0 Å². The normalized spacial score (nSPS) is 12.3. The molecule has 0 saturated carbocycles. The van der Waals surface area contributed by atoms with E-state index < -0.39 is 21.8 Å². The van der Waals surface area contributed by atoms with Gasteiger partial charge >= 0.3 is 16.3 Å². The minimum atomic E-state index is -3.88. The van der Waals surface area contributed by atoms with Crippen molar-refractivity contribution >= 4 is 16.3 Å². The predicted molar refractivity (Wildman–Crippen MR) is 50.7 cm³/mol. The van der Waals surface area contributed by atoms with Crippen LogP contribution >= 0.6 is 0 Å². The van der Waals surface area contributed by atoms with E-state index in [1.807, 2.05) is 0 Å². The Labute approximate surface area is 83.2 Å². The quantitative estimate of drug-likeness (QED) is 0.563. The first-order chi connectivity index (χ1) is 6.16. The van der Waals surface area contributed by atoms with E-state index in [9.17, 15) is 13.2 Å². The van der Waals surface area contributed by atoms with Gasteiger partial charge in [0.15, 0.2) is 0 Å². The van der Waals surface area contributed by atoms with Gasteiger partial charge in [-0.2, -0.15) is 13.1 Å². The van der Waals surface area contributed by atoms with Crippen LogP contribution in [-0.4, -0.2) is 33.7 Å². The van der Waals surface area contributed by atoms with Gasteiger partial charge in [-0.15, -0.1) is 0 Å². The average molecular weight is 225 g/mol. The molecule has 8 heteroatoms. The summed E-state index contributed by atoms with van der Waals surface area (Å²) < 4.78 is 30.0. The molecule has 7 nitrogen and oxygen atoms in total. The van der Waals surface area contributed by atoms with Gasteiger partial charge in [0.05, 0.1) is 7.11 Å². The zero-order valence-electron chi connectivity index (χ0n) is 8.33.